The van der Waals surface area contributed by atoms with Gasteiger partial charge in [-0.2, -0.15) is 0 Å². The summed E-state index contributed by atoms with van der Waals surface area (Å²) in [5.41, 5.74) is 0.976. The number of hydrogen-bond donors (Lipinski definition) is 1. The molecule has 1 N–H and O–H groups in total. The summed E-state index contributed by atoms with van der Waals surface area (Å²) in [5, 5.41) is 9.89. The largest absolute Gasteiger partial charge is 0.388 e. The van der Waals surface area contributed by atoms with E-state index in [1.54, 1.807) is 0 Å². The monoisotopic (exact) mass is 266 g/mol. The number of aliphatic hydroxyl groups excluding tert-OH is 1. The minimum Gasteiger partial charge on any atom is -0.388 e. The van der Waals surface area contributed by atoms with Crippen LogP contribution in [0.1, 0.15) is 18.3 Å². The van der Waals surface area contributed by atoms with Gasteiger partial charge in [-0.25, -0.2) is 0 Å². The maximum Gasteiger partial charge on any atom is 0.184 e. The highest BCUT2D eigenvalue weighted by Gasteiger charge is 2.42. The second kappa shape index (κ2) is 5.56. The summed E-state index contributed by atoms with van der Waals surface area (Å²) in [7, 11) is 1.52. The minimum atomic E-state index is -0.666. The molecule has 0 saturated carbocycles. The molecule has 0 radical (unpaired) electrons. The van der Waals surface area contributed by atoms with Gasteiger partial charge in [0, 0.05) is 19.1 Å². The van der Waals surface area contributed by atoms with Crippen LogP contribution < -0.4 is 0 Å². The number of benzene rings is 1. The standard InChI is InChI=1S/C14H18O5/c1-16-14-10(15)7-11-12(19-14)8-17-13(18-11)9-5-3-2-4-6-9/h2-6,10-15H,7-8H2,1H3/t10-,11+,12-,13?,14-/m1/s1. The lowest BCUT2D eigenvalue weighted by Gasteiger charge is -2.43. The number of ether oxygens (including phenoxy) is 4. The highest BCUT2D eigenvalue weighted by Crippen LogP contribution is 2.33. The number of hydrogen-bond acceptors (Lipinski definition) is 5. The molecule has 0 aromatic heterocycles. The van der Waals surface area contributed by atoms with Crippen molar-refractivity contribution in [2.24, 2.45) is 0 Å². The molecule has 2 heterocycles. The zero-order valence-electron chi connectivity index (χ0n) is 10.8. The molecule has 1 aromatic carbocycles. The van der Waals surface area contributed by atoms with Gasteiger partial charge in [-0.15, -0.1) is 0 Å². The fourth-order valence-electron chi connectivity index (χ4n) is 2.52. The summed E-state index contributed by atoms with van der Waals surface area (Å²) in [4.78, 5) is 0. The van der Waals surface area contributed by atoms with Crippen molar-refractivity contribution < 1.29 is 24.1 Å². The van der Waals surface area contributed by atoms with Crippen LogP contribution in [0.3, 0.4) is 0 Å². The summed E-state index contributed by atoms with van der Waals surface area (Å²) in [6.45, 7) is 0.441. The molecule has 5 nitrogen and oxygen atoms in total. The molecular weight excluding hydrogens is 248 g/mol. The fraction of sp³-hybridized carbons (Fsp3) is 0.571. The number of methoxy groups -OCH3 is 1. The van der Waals surface area contributed by atoms with Crippen molar-refractivity contribution in [2.75, 3.05) is 13.7 Å². The predicted octanol–water partition coefficient (Wildman–Crippen LogP) is 1.22. The normalized spacial score (nSPS) is 38.7. The Hall–Kier alpha value is -0.980. The van der Waals surface area contributed by atoms with Gasteiger partial charge in [0.25, 0.3) is 0 Å². The van der Waals surface area contributed by atoms with Crippen molar-refractivity contribution in [3.05, 3.63) is 35.9 Å². The minimum absolute atomic E-state index is 0.166. The Labute approximate surface area is 112 Å². The highest BCUT2D eigenvalue weighted by atomic mass is 16.7. The van der Waals surface area contributed by atoms with Crippen LogP contribution in [0.2, 0.25) is 0 Å². The Balaban J connectivity index is 1.68. The number of fused-ring (bicyclic) bond motifs is 1. The van der Waals surface area contributed by atoms with E-state index >= 15 is 0 Å². The van der Waals surface area contributed by atoms with Crippen LogP contribution in [0.4, 0.5) is 0 Å². The third kappa shape index (κ3) is 2.66. The second-order valence-corrected chi connectivity index (χ2v) is 4.83. The molecule has 0 amide bonds. The number of aliphatic hydroxyl groups is 1. The molecule has 3 rings (SSSR count). The second-order valence-electron chi connectivity index (χ2n) is 4.83. The zero-order valence-corrected chi connectivity index (χ0v) is 10.8. The summed E-state index contributed by atoms with van der Waals surface area (Å²) in [5.74, 6) is 0. The molecule has 0 spiro atoms. The first kappa shape index (κ1) is 13.0. The van der Waals surface area contributed by atoms with Crippen LogP contribution in [-0.2, 0) is 18.9 Å². The molecule has 104 valence electrons. The first-order valence-electron chi connectivity index (χ1n) is 6.46. The Morgan fingerprint density at radius 3 is 2.68 bits per heavy atom. The van der Waals surface area contributed by atoms with E-state index in [0.29, 0.717) is 13.0 Å². The van der Waals surface area contributed by atoms with Crippen molar-refractivity contribution in [2.45, 2.75) is 37.3 Å². The molecule has 5 heteroatoms. The lowest BCUT2D eigenvalue weighted by molar-refractivity contribution is -0.333. The molecular formula is C14H18O5. The maximum absolute atomic E-state index is 9.89. The van der Waals surface area contributed by atoms with Crippen LogP contribution in [0.25, 0.3) is 0 Å². The lowest BCUT2D eigenvalue weighted by atomic mass is 10.0. The Kier molecular flexibility index (Phi) is 3.81. The van der Waals surface area contributed by atoms with Gasteiger partial charge in [0.1, 0.15) is 12.2 Å². The van der Waals surface area contributed by atoms with E-state index in [9.17, 15) is 5.11 Å². The quantitative estimate of drug-likeness (QED) is 0.872. The molecule has 5 atom stereocenters. The van der Waals surface area contributed by atoms with Crippen LogP contribution in [0.5, 0.6) is 0 Å². The van der Waals surface area contributed by atoms with E-state index in [-0.39, 0.29) is 12.2 Å². The molecule has 0 aliphatic carbocycles. The van der Waals surface area contributed by atoms with Crippen molar-refractivity contribution in [1.29, 1.82) is 0 Å². The predicted molar refractivity (Wildman–Crippen MR) is 66.3 cm³/mol. The van der Waals surface area contributed by atoms with Gasteiger partial charge in [-0.3, -0.25) is 0 Å². The SMILES string of the molecule is CO[C@@H]1O[C@@H]2COC(c3ccccc3)O[C@H]2C[C@H]1O. The van der Waals surface area contributed by atoms with Crippen molar-refractivity contribution in [3.63, 3.8) is 0 Å². The van der Waals surface area contributed by atoms with Gasteiger partial charge in [-0.1, -0.05) is 30.3 Å². The Morgan fingerprint density at radius 2 is 1.95 bits per heavy atom. The third-order valence-corrected chi connectivity index (χ3v) is 3.53. The molecule has 2 saturated heterocycles. The van der Waals surface area contributed by atoms with Crippen molar-refractivity contribution in [3.8, 4) is 0 Å². The molecule has 1 unspecified atom stereocenters. The molecule has 2 aliphatic rings. The summed E-state index contributed by atoms with van der Waals surface area (Å²) in [6, 6.07) is 9.76. The smallest absolute Gasteiger partial charge is 0.184 e. The molecule has 0 bridgehead atoms. The summed E-state index contributed by atoms with van der Waals surface area (Å²) < 4.78 is 22.2. The Bertz CT molecular complexity index is 410. The van der Waals surface area contributed by atoms with Crippen molar-refractivity contribution >= 4 is 0 Å². The van der Waals surface area contributed by atoms with Crippen LogP contribution in [0, 0.1) is 0 Å². The van der Waals surface area contributed by atoms with Crippen LogP contribution in [-0.4, -0.2) is 43.4 Å². The van der Waals surface area contributed by atoms with Crippen molar-refractivity contribution in [1.82, 2.24) is 0 Å². The summed E-state index contributed by atoms with van der Waals surface area (Å²) in [6.07, 6.45) is -1.51. The van der Waals surface area contributed by atoms with E-state index in [1.807, 2.05) is 30.3 Å². The van der Waals surface area contributed by atoms with Gasteiger partial charge >= 0.3 is 0 Å². The molecule has 19 heavy (non-hydrogen) atoms. The van der Waals surface area contributed by atoms with Gasteiger partial charge in [0.05, 0.1) is 12.7 Å². The van der Waals surface area contributed by atoms with Gasteiger partial charge in [-0.05, 0) is 0 Å². The number of rotatable bonds is 2. The Morgan fingerprint density at radius 1 is 1.16 bits per heavy atom. The molecule has 2 aliphatic heterocycles. The van der Waals surface area contributed by atoms with Gasteiger partial charge in [0.2, 0.25) is 0 Å². The van der Waals surface area contributed by atoms with E-state index in [1.165, 1.54) is 7.11 Å². The lowest BCUT2D eigenvalue weighted by Crippen LogP contribution is -2.53. The third-order valence-electron chi connectivity index (χ3n) is 3.53. The average Bonchev–Trinajstić information content (AvgIpc) is 2.47. The first-order valence-corrected chi connectivity index (χ1v) is 6.46. The van der Waals surface area contributed by atoms with Gasteiger partial charge in [0.15, 0.2) is 12.6 Å². The summed E-state index contributed by atoms with van der Waals surface area (Å²) >= 11 is 0. The molecule has 2 fully saturated rings. The molecule has 1 aromatic rings. The topological polar surface area (TPSA) is 57.2 Å². The first-order chi connectivity index (χ1) is 9.28. The van der Waals surface area contributed by atoms with E-state index < -0.39 is 18.7 Å². The zero-order chi connectivity index (χ0) is 13.2. The fourth-order valence-corrected chi connectivity index (χ4v) is 2.52. The van der Waals surface area contributed by atoms with E-state index in [4.69, 9.17) is 18.9 Å². The average molecular weight is 266 g/mol. The van der Waals surface area contributed by atoms with E-state index in [0.717, 1.165) is 5.56 Å². The van der Waals surface area contributed by atoms with E-state index in [2.05, 4.69) is 0 Å². The highest BCUT2D eigenvalue weighted by molar-refractivity contribution is 5.16. The maximum atomic E-state index is 9.89. The van der Waals surface area contributed by atoms with Crippen LogP contribution >= 0.6 is 0 Å². The van der Waals surface area contributed by atoms with Crippen LogP contribution in [0.15, 0.2) is 30.3 Å². The van der Waals surface area contributed by atoms with Gasteiger partial charge < -0.3 is 24.1 Å².